The van der Waals surface area contributed by atoms with E-state index >= 15 is 0 Å². The first kappa shape index (κ1) is 18.5. The first-order chi connectivity index (χ1) is 12.1. The van der Waals surface area contributed by atoms with Crippen molar-refractivity contribution in [2.75, 3.05) is 13.2 Å². The SMILES string of the molecule is C=CCOc1ccccc1CNC(=O)NCCc1nc(C(C)C)no1. The highest BCUT2D eigenvalue weighted by atomic mass is 16.5. The Labute approximate surface area is 147 Å². The molecule has 2 aromatic rings. The number of nitrogens with zero attached hydrogens (tertiary/aromatic N) is 2. The van der Waals surface area contributed by atoms with E-state index in [1.165, 1.54) is 0 Å². The average Bonchev–Trinajstić information content (AvgIpc) is 3.08. The Balaban J connectivity index is 1.74. The number of carbonyl (C=O) groups is 1. The van der Waals surface area contributed by atoms with Gasteiger partial charge < -0.3 is 19.9 Å². The number of hydrogen-bond acceptors (Lipinski definition) is 5. The molecule has 2 N–H and O–H groups in total. The lowest BCUT2D eigenvalue weighted by molar-refractivity contribution is 0.240. The van der Waals surface area contributed by atoms with E-state index in [1.807, 2.05) is 38.1 Å². The summed E-state index contributed by atoms with van der Waals surface area (Å²) in [5.74, 6) is 2.15. The second kappa shape index (κ2) is 9.46. The molecular weight excluding hydrogens is 320 g/mol. The fourth-order valence-electron chi connectivity index (χ4n) is 2.06. The third-order valence-electron chi connectivity index (χ3n) is 3.39. The highest BCUT2D eigenvalue weighted by Crippen LogP contribution is 2.17. The largest absolute Gasteiger partial charge is 0.489 e. The molecule has 0 spiro atoms. The van der Waals surface area contributed by atoms with E-state index in [4.69, 9.17) is 9.26 Å². The summed E-state index contributed by atoms with van der Waals surface area (Å²) in [5.41, 5.74) is 0.901. The summed E-state index contributed by atoms with van der Waals surface area (Å²) >= 11 is 0. The van der Waals surface area contributed by atoms with Gasteiger partial charge in [0.1, 0.15) is 12.4 Å². The standard InChI is InChI=1S/C18H24N4O3/c1-4-11-24-15-8-6-5-7-14(15)12-20-18(23)19-10-9-16-21-17(13(2)3)22-25-16/h4-8,13H,1,9-12H2,2-3H3,(H2,19,20,23). The van der Waals surface area contributed by atoms with Crippen LogP contribution >= 0.6 is 0 Å². The Kier molecular flexibility index (Phi) is 7.00. The zero-order chi connectivity index (χ0) is 18.1. The molecule has 0 saturated heterocycles. The maximum absolute atomic E-state index is 11.9. The van der Waals surface area contributed by atoms with E-state index < -0.39 is 0 Å². The van der Waals surface area contributed by atoms with Gasteiger partial charge >= 0.3 is 6.03 Å². The molecule has 1 aromatic heterocycles. The van der Waals surface area contributed by atoms with Crippen molar-refractivity contribution in [2.24, 2.45) is 0 Å². The maximum atomic E-state index is 11.9. The van der Waals surface area contributed by atoms with Gasteiger partial charge in [-0.25, -0.2) is 4.79 Å². The van der Waals surface area contributed by atoms with Gasteiger partial charge in [-0.3, -0.25) is 0 Å². The summed E-state index contributed by atoms with van der Waals surface area (Å²) in [5, 5.41) is 9.46. The molecule has 0 aliphatic rings. The molecule has 7 heteroatoms. The molecule has 0 fully saturated rings. The number of benzene rings is 1. The van der Waals surface area contributed by atoms with Crippen LogP contribution in [0.2, 0.25) is 0 Å². The molecule has 0 radical (unpaired) electrons. The lowest BCUT2D eigenvalue weighted by Gasteiger charge is -2.11. The Morgan fingerprint density at radius 2 is 2.16 bits per heavy atom. The van der Waals surface area contributed by atoms with Crippen LogP contribution in [0.5, 0.6) is 5.75 Å². The second-order valence-electron chi connectivity index (χ2n) is 5.77. The molecule has 0 aliphatic heterocycles. The summed E-state index contributed by atoms with van der Waals surface area (Å²) in [7, 11) is 0. The van der Waals surface area contributed by atoms with Gasteiger partial charge in [-0.1, -0.05) is 49.9 Å². The molecule has 2 amide bonds. The zero-order valence-corrected chi connectivity index (χ0v) is 14.6. The van der Waals surface area contributed by atoms with E-state index in [-0.39, 0.29) is 11.9 Å². The van der Waals surface area contributed by atoms with E-state index in [0.717, 1.165) is 11.3 Å². The number of rotatable bonds is 9. The molecule has 0 atom stereocenters. The summed E-state index contributed by atoms with van der Waals surface area (Å²) in [6, 6.07) is 7.29. The van der Waals surface area contributed by atoms with Crippen molar-refractivity contribution in [3.05, 3.63) is 54.2 Å². The summed E-state index contributed by atoms with van der Waals surface area (Å²) in [6.07, 6.45) is 2.17. The summed E-state index contributed by atoms with van der Waals surface area (Å²) in [4.78, 5) is 16.2. The van der Waals surface area contributed by atoms with Gasteiger partial charge in [0.15, 0.2) is 5.82 Å². The van der Waals surface area contributed by atoms with Gasteiger partial charge in [0.25, 0.3) is 0 Å². The molecule has 7 nitrogen and oxygen atoms in total. The molecule has 0 bridgehead atoms. The molecular formula is C18H24N4O3. The molecule has 0 aliphatic carbocycles. The lowest BCUT2D eigenvalue weighted by Crippen LogP contribution is -2.36. The van der Waals surface area contributed by atoms with Crippen LogP contribution in [0.4, 0.5) is 4.79 Å². The van der Waals surface area contributed by atoms with Crippen molar-refractivity contribution >= 4 is 6.03 Å². The molecule has 25 heavy (non-hydrogen) atoms. The van der Waals surface area contributed by atoms with Gasteiger partial charge in [-0.2, -0.15) is 4.98 Å². The minimum atomic E-state index is -0.262. The minimum absolute atomic E-state index is 0.220. The Morgan fingerprint density at radius 3 is 2.88 bits per heavy atom. The van der Waals surface area contributed by atoms with Crippen LogP contribution in [0.1, 0.15) is 37.0 Å². The third-order valence-corrected chi connectivity index (χ3v) is 3.39. The topological polar surface area (TPSA) is 89.3 Å². The minimum Gasteiger partial charge on any atom is -0.489 e. The van der Waals surface area contributed by atoms with Crippen LogP contribution in [0.15, 0.2) is 41.4 Å². The summed E-state index contributed by atoms with van der Waals surface area (Å²) < 4.78 is 10.7. The van der Waals surface area contributed by atoms with Crippen LogP contribution in [0.25, 0.3) is 0 Å². The number of nitrogens with one attached hydrogen (secondary N) is 2. The summed E-state index contributed by atoms with van der Waals surface area (Å²) in [6.45, 7) is 8.83. The van der Waals surface area contributed by atoms with Crippen LogP contribution < -0.4 is 15.4 Å². The zero-order valence-electron chi connectivity index (χ0n) is 14.6. The Bertz CT molecular complexity index is 697. The van der Waals surface area contributed by atoms with E-state index in [9.17, 15) is 4.79 Å². The van der Waals surface area contributed by atoms with Crippen LogP contribution in [-0.4, -0.2) is 29.3 Å². The Hall–Kier alpha value is -2.83. The highest BCUT2D eigenvalue weighted by Gasteiger charge is 2.10. The first-order valence-corrected chi connectivity index (χ1v) is 8.26. The third kappa shape index (κ3) is 5.95. The average molecular weight is 344 g/mol. The van der Waals surface area contributed by atoms with Crippen molar-refractivity contribution in [1.82, 2.24) is 20.8 Å². The maximum Gasteiger partial charge on any atom is 0.315 e. The van der Waals surface area contributed by atoms with E-state index in [1.54, 1.807) is 6.08 Å². The number of urea groups is 1. The second-order valence-corrected chi connectivity index (χ2v) is 5.77. The first-order valence-electron chi connectivity index (χ1n) is 8.26. The normalized spacial score (nSPS) is 10.5. The fourth-order valence-corrected chi connectivity index (χ4v) is 2.06. The van der Waals surface area contributed by atoms with E-state index in [2.05, 4.69) is 27.4 Å². The molecule has 2 rings (SSSR count). The predicted octanol–water partition coefficient (Wildman–Crippen LogP) is 2.80. The number of amides is 2. The quantitative estimate of drug-likeness (QED) is 0.683. The molecule has 1 heterocycles. The van der Waals surface area contributed by atoms with Crippen LogP contribution in [0, 0.1) is 0 Å². The van der Waals surface area contributed by atoms with Crippen molar-refractivity contribution in [1.29, 1.82) is 0 Å². The number of hydrogen-bond donors (Lipinski definition) is 2. The van der Waals surface area contributed by atoms with Gasteiger partial charge in [0.2, 0.25) is 5.89 Å². The lowest BCUT2D eigenvalue weighted by atomic mass is 10.2. The molecule has 1 aromatic carbocycles. The van der Waals surface area contributed by atoms with Crippen LogP contribution in [-0.2, 0) is 13.0 Å². The van der Waals surface area contributed by atoms with Gasteiger partial charge in [0.05, 0.1) is 0 Å². The molecule has 0 unspecified atom stereocenters. The van der Waals surface area contributed by atoms with Crippen molar-refractivity contribution in [3.8, 4) is 5.75 Å². The number of carbonyl (C=O) groups excluding carboxylic acids is 1. The van der Waals surface area contributed by atoms with Crippen LogP contribution in [0.3, 0.4) is 0 Å². The van der Waals surface area contributed by atoms with Crippen molar-refractivity contribution in [2.45, 2.75) is 32.7 Å². The smallest absolute Gasteiger partial charge is 0.315 e. The van der Waals surface area contributed by atoms with Gasteiger partial charge in [-0.15, -0.1) is 0 Å². The molecule has 0 saturated carbocycles. The predicted molar refractivity (Wildman–Crippen MR) is 94.5 cm³/mol. The van der Waals surface area contributed by atoms with Crippen molar-refractivity contribution < 1.29 is 14.1 Å². The molecule has 134 valence electrons. The van der Waals surface area contributed by atoms with Gasteiger partial charge in [-0.05, 0) is 6.07 Å². The number of ether oxygens (including phenoxy) is 1. The number of para-hydroxylation sites is 1. The monoisotopic (exact) mass is 344 g/mol. The van der Waals surface area contributed by atoms with Crippen molar-refractivity contribution in [3.63, 3.8) is 0 Å². The fraction of sp³-hybridized carbons (Fsp3) is 0.389. The van der Waals surface area contributed by atoms with E-state index in [0.29, 0.717) is 37.8 Å². The number of aromatic nitrogens is 2. The Morgan fingerprint density at radius 1 is 1.36 bits per heavy atom. The highest BCUT2D eigenvalue weighted by molar-refractivity contribution is 5.73. The van der Waals surface area contributed by atoms with Gasteiger partial charge in [0, 0.05) is 31.0 Å².